The summed E-state index contributed by atoms with van der Waals surface area (Å²) < 4.78 is 0. The van der Waals surface area contributed by atoms with Crippen LogP contribution in [-0.4, -0.2) is 66.1 Å². The van der Waals surface area contributed by atoms with Crippen LogP contribution in [0.5, 0.6) is 0 Å². The van der Waals surface area contributed by atoms with Crippen molar-refractivity contribution >= 4 is 29.0 Å². The van der Waals surface area contributed by atoms with Gasteiger partial charge in [0, 0.05) is 51.2 Å². The topological polar surface area (TPSA) is 84.6 Å². The number of carbonyl (C=O) groups excluding carboxylic acids is 1. The SMILES string of the molecule is CN(C)c1nc(CN(C)[C@@H]2CCN(C(=O)Nc3ccsc3)C2)cc(=O)[nH]1. The van der Waals surface area contributed by atoms with Crippen molar-refractivity contribution in [2.45, 2.75) is 19.0 Å². The summed E-state index contributed by atoms with van der Waals surface area (Å²) in [6.07, 6.45) is 0.900. The van der Waals surface area contributed by atoms with Gasteiger partial charge in [-0.1, -0.05) is 0 Å². The molecule has 1 atom stereocenters. The first-order valence-electron chi connectivity index (χ1n) is 8.48. The highest BCUT2D eigenvalue weighted by molar-refractivity contribution is 7.08. The van der Waals surface area contributed by atoms with Crippen LogP contribution in [0.25, 0.3) is 0 Å². The van der Waals surface area contributed by atoms with Gasteiger partial charge in [0.25, 0.3) is 5.56 Å². The Morgan fingerprint density at radius 2 is 2.27 bits per heavy atom. The molecule has 3 rings (SSSR count). The Balaban J connectivity index is 1.58. The van der Waals surface area contributed by atoms with Crippen molar-refractivity contribution in [3.8, 4) is 0 Å². The van der Waals surface area contributed by atoms with E-state index >= 15 is 0 Å². The lowest BCUT2D eigenvalue weighted by Gasteiger charge is -2.24. The molecule has 26 heavy (non-hydrogen) atoms. The highest BCUT2D eigenvalue weighted by atomic mass is 32.1. The fraction of sp³-hybridized carbons (Fsp3) is 0.471. The molecule has 1 saturated heterocycles. The number of rotatable bonds is 5. The molecule has 0 unspecified atom stereocenters. The largest absolute Gasteiger partial charge is 0.348 e. The predicted octanol–water partition coefficient (Wildman–Crippen LogP) is 1.64. The number of likely N-dealkylation sites (N-methyl/N-ethyl adjacent to an activating group) is 1. The number of urea groups is 1. The summed E-state index contributed by atoms with van der Waals surface area (Å²) in [5.41, 5.74) is 1.40. The summed E-state index contributed by atoms with van der Waals surface area (Å²) >= 11 is 1.56. The molecule has 140 valence electrons. The third-order valence-electron chi connectivity index (χ3n) is 4.46. The lowest BCUT2D eigenvalue weighted by atomic mass is 10.2. The molecule has 1 fully saturated rings. The van der Waals surface area contributed by atoms with E-state index in [0.29, 0.717) is 19.0 Å². The Hall–Kier alpha value is -2.39. The molecule has 2 amide bonds. The highest BCUT2D eigenvalue weighted by Crippen LogP contribution is 2.19. The Morgan fingerprint density at radius 1 is 1.46 bits per heavy atom. The number of aromatic nitrogens is 2. The van der Waals surface area contributed by atoms with Crippen molar-refractivity contribution < 1.29 is 4.79 Å². The van der Waals surface area contributed by atoms with Crippen molar-refractivity contribution in [1.82, 2.24) is 19.8 Å². The number of hydrogen-bond donors (Lipinski definition) is 2. The number of nitrogens with zero attached hydrogens (tertiary/aromatic N) is 4. The fourth-order valence-corrected chi connectivity index (χ4v) is 3.58. The molecule has 9 heteroatoms. The Kier molecular flexibility index (Phi) is 5.58. The average molecular weight is 376 g/mol. The van der Waals surface area contributed by atoms with Crippen LogP contribution in [-0.2, 0) is 6.54 Å². The standard InChI is InChI=1S/C17H24N6O2S/c1-21(2)16-18-13(8-15(24)20-16)9-22(3)14-4-6-23(10-14)17(25)19-12-5-7-26-11-12/h5,7-8,11,14H,4,6,9-10H2,1-3H3,(H,19,25)(H,18,20,24)/t14-/m1/s1. The lowest BCUT2D eigenvalue weighted by Crippen LogP contribution is -2.38. The molecule has 1 aliphatic heterocycles. The van der Waals surface area contributed by atoms with Crippen LogP contribution in [0.1, 0.15) is 12.1 Å². The number of amides is 2. The highest BCUT2D eigenvalue weighted by Gasteiger charge is 2.29. The van der Waals surface area contributed by atoms with Crippen molar-refractivity contribution in [1.29, 1.82) is 0 Å². The summed E-state index contributed by atoms with van der Waals surface area (Å²) in [6.45, 7) is 1.95. The van der Waals surface area contributed by atoms with Crippen LogP contribution in [0, 0.1) is 0 Å². The van der Waals surface area contributed by atoms with Gasteiger partial charge in [-0.15, -0.1) is 0 Å². The van der Waals surface area contributed by atoms with E-state index in [4.69, 9.17) is 0 Å². The number of carbonyl (C=O) groups is 1. The minimum atomic E-state index is -0.157. The first-order chi connectivity index (χ1) is 12.4. The van der Waals surface area contributed by atoms with Gasteiger partial charge in [0.05, 0.1) is 11.4 Å². The van der Waals surface area contributed by atoms with Gasteiger partial charge in [-0.05, 0) is 24.9 Å². The molecule has 2 aromatic heterocycles. The molecular formula is C17H24N6O2S. The van der Waals surface area contributed by atoms with E-state index in [1.54, 1.807) is 16.2 Å². The van der Waals surface area contributed by atoms with Gasteiger partial charge >= 0.3 is 6.03 Å². The second-order valence-electron chi connectivity index (χ2n) is 6.70. The maximum Gasteiger partial charge on any atom is 0.321 e. The predicted molar refractivity (Wildman–Crippen MR) is 104 cm³/mol. The molecule has 0 bridgehead atoms. The molecule has 0 saturated carbocycles. The summed E-state index contributed by atoms with van der Waals surface area (Å²) in [6, 6.07) is 3.60. The Labute approximate surface area is 156 Å². The normalized spacial score (nSPS) is 16.9. The van der Waals surface area contributed by atoms with E-state index in [0.717, 1.165) is 24.3 Å². The Bertz CT molecular complexity index is 804. The molecule has 0 spiro atoms. The number of anilines is 2. The van der Waals surface area contributed by atoms with Crippen molar-refractivity contribution in [3.05, 3.63) is 38.9 Å². The van der Waals surface area contributed by atoms with E-state index in [2.05, 4.69) is 20.2 Å². The number of likely N-dealkylation sites (tertiary alicyclic amines) is 1. The van der Waals surface area contributed by atoms with E-state index in [1.807, 2.05) is 42.9 Å². The second kappa shape index (κ2) is 7.88. The van der Waals surface area contributed by atoms with Gasteiger partial charge in [0.2, 0.25) is 5.95 Å². The molecule has 2 aromatic rings. The number of hydrogen-bond acceptors (Lipinski definition) is 6. The van der Waals surface area contributed by atoms with Crippen LogP contribution in [0.4, 0.5) is 16.4 Å². The zero-order valence-corrected chi connectivity index (χ0v) is 16.0. The van der Waals surface area contributed by atoms with Gasteiger partial charge in [-0.25, -0.2) is 9.78 Å². The third kappa shape index (κ3) is 4.41. The zero-order valence-electron chi connectivity index (χ0n) is 15.2. The van der Waals surface area contributed by atoms with Crippen molar-refractivity contribution in [3.63, 3.8) is 0 Å². The van der Waals surface area contributed by atoms with Crippen LogP contribution < -0.4 is 15.8 Å². The zero-order chi connectivity index (χ0) is 18.7. The number of thiophene rings is 1. The van der Waals surface area contributed by atoms with E-state index in [9.17, 15) is 9.59 Å². The van der Waals surface area contributed by atoms with Crippen molar-refractivity contribution in [2.24, 2.45) is 0 Å². The number of aromatic amines is 1. The van der Waals surface area contributed by atoms with Crippen LogP contribution in [0.3, 0.4) is 0 Å². The van der Waals surface area contributed by atoms with Gasteiger partial charge in [0.15, 0.2) is 0 Å². The second-order valence-corrected chi connectivity index (χ2v) is 7.48. The van der Waals surface area contributed by atoms with E-state index < -0.39 is 0 Å². The minimum Gasteiger partial charge on any atom is -0.348 e. The summed E-state index contributed by atoms with van der Waals surface area (Å²) in [5.74, 6) is 0.545. The van der Waals surface area contributed by atoms with Crippen LogP contribution >= 0.6 is 11.3 Å². The molecular weight excluding hydrogens is 352 g/mol. The first-order valence-corrected chi connectivity index (χ1v) is 9.42. The molecule has 0 aromatic carbocycles. The van der Waals surface area contributed by atoms with E-state index in [1.165, 1.54) is 6.07 Å². The first kappa shape index (κ1) is 18.4. The molecule has 8 nitrogen and oxygen atoms in total. The molecule has 1 aliphatic rings. The molecule has 0 radical (unpaired) electrons. The summed E-state index contributed by atoms with van der Waals surface area (Å²) in [5, 5.41) is 6.77. The maximum atomic E-state index is 12.3. The van der Waals surface area contributed by atoms with Gasteiger partial charge in [-0.3, -0.25) is 14.7 Å². The molecule has 0 aliphatic carbocycles. The fourth-order valence-electron chi connectivity index (χ4n) is 3.00. The number of nitrogens with one attached hydrogen (secondary N) is 2. The summed E-state index contributed by atoms with van der Waals surface area (Å²) in [4.78, 5) is 37.1. The van der Waals surface area contributed by atoms with Crippen LogP contribution in [0.15, 0.2) is 27.7 Å². The average Bonchev–Trinajstić information content (AvgIpc) is 3.25. The lowest BCUT2D eigenvalue weighted by molar-refractivity contribution is 0.207. The Morgan fingerprint density at radius 3 is 2.96 bits per heavy atom. The van der Waals surface area contributed by atoms with Gasteiger partial charge < -0.3 is 15.1 Å². The minimum absolute atomic E-state index is 0.0662. The monoisotopic (exact) mass is 376 g/mol. The van der Waals surface area contributed by atoms with Gasteiger partial charge in [-0.2, -0.15) is 11.3 Å². The van der Waals surface area contributed by atoms with Crippen molar-refractivity contribution in [2.75, 3.05) is 44.4 Å². The van der Waals surface area contributed by atoms with E-state index in [-0.39, 0.29) is 17.6 Å². The maximum absolute atomic E-state index is 12.3. The molecule has 3 heterocycles. The molecule has 2 N–H and O–H groups in total. The third-order valence-corrected chi connectivity index (χ3v) is 5.15. The number of H-pyrrole nitrogens is 1. The smallest absolute Gasteiger partial charge is 0.321 e. The quantitative estimate of drug-likeness (QED) is 0.829. The van der Waals surface area contributed by atoms with Crippen LogP contribution in [0.2, 0.25) is 0 Å². The summed E-state index contributed by atoms with van der Waals surface area (Å²) in [7, 11) is 5.68. The van der Waals surface area contributed by atoms with Gasteiger partial charge in [0.1, 0.15) is 0 Å².